The van der Waals surface area contributed by atoms with Crippen LogP contribution in [-0.2, 0) is 14.4 Å². The Kier molecular flexibility index (Phi) is 8.11. The van der Waals surface area contributed by atoms with Crippen molar-refractivity contribution in [3.63, 3.8) is 0 Å². The van der Waals surface area contributed by atoms with E-state index < -0.39 is 11.8 Å². The number of carbonyl (C=O) groups excluding carboxylic acids is 3. The molecule has 0 unspecified atom stereocenters. The van der Waals surface area contributed by atoms with Crippen LogP contribution in [0.25, 0.3) is 10.8 Å². The molecule has 3 amide bonds. The zero-order chi connectivity index (χ0) is 35.7. The van der Waals surface area contributed by atoms with Gasteiger partial charge in [0.1, 0.15) is 5.75 Å². The molecule has 4 aliphatic rings. The van der Waals surface area contributed by atoms with Crippen molar-refractivity contribution < 1.29 is 28.6 Å². The Balaban J connectivity index is 0.996. The van der Waals surface area contributed by atoms with Gasteiger partial charge in [-0.25, -0.2) is 0 Å². The predicted octanol–water partition coefficient (Wildman–Crippen LogP) is 6.69. The smallest absolute Gasteiger partial charge is 0.305 e. The number of thioether (sulfide) groups is 1. The van der Waals surface area contributed by atoms with Gasteiger partial charge in [-0.2, -0.15) is 0 Å². The molecule has 0 spiro atoms. The number of thiazole rings is 1. The summed E-state index contributed by atoms with van der Waals surface area (Å²) in [6, 6.07) is 26.5. The van der Waals surface area contributed by atoms with Crippen LogP contribution in [0.2, 0.25) is 0 Å². The van der Waals surface area contributed by atoms with Crippen molar-refractivity contribution in [3.8, 4) is 17.2 Å². The fraction of sp³-hybridized carbons (Fsp3) is 0.300. The van der Waals surface area contributed by atoms with Crippen LogP contribution in [0.15, 0.2) is 94.7 Å². The summed E-state index contributed by atoms with van der Waals surface area (Å²) < 4.78 is 17.4. The summed E-state index contributed by atoms with van der Waals surface area (Å²) in [5.74, 6) is -0.0204. The molecule has 12 heteroatoms. The number of hydrogen-bond acceptors (Lipinski definition) is 9. The van der Waals surface area contributed by atoms with E-state index in [1.165, 1.54) is 16.2 Å². The number of anilines is 2. The third kappa shape index (κ3) is 5.30. The van der Waals surface area contributed by atoms with E-state index in [4.69, 9.17) is 14.2 Å². The first kappa shape index (κ1) is 32.8. The maximum absolute atomic E-state index is 14.1. The fourth-order valence-corrected chi connectivity index (χ4v) is 12.0. The molecule has 7 atom stereocenters. The molecule has 3 fully saturated rings. The molecule has 2 N–H and O–H groups in total. The molecule has 2 bridgehead atoms. The molecule has 10 nitrogen and oxygen atoms in total. The number of nitrogens with one attached hydrogen (secondary N) is 2. The summed E-state index contributed by atoms with van der Waals surface area (Å²) in [5.41, 5.74) is 2.18. The van der Waals surface area contributed by atoms with Crippen LogP contribution in [0.3, 0.4) is 0 Å². The van der Waals surface area contributed by atoms with Crippen molar-refractivity contribution in [2.45, 2.75) is 29.5 Å². The molecular weight excluding hydrogens is 699 g/mol. The number of amides is 3. The highest BCUT2D eigenvalue weighted by Crippen LogP contribution is 2.69. The maximum Gasteiger partial charge on any atom is 0.305 e. The van der Waals surface area contributed by atoms with Crippen molar-refractivity contribution in [1.29, 1.82) is 0 Å². The number of carbonyl (C=O) groups is 3. The van der Waals surface area contributed by atoms with Crippen LogP contribution in [0.4, 0.5) is 11.4 Å². The van der Waals surface area contributed by atoms with Gasteiger partial charge in [0, 0.05) is 21.7 Å². The van der Waals surface area contributed by atoms with Gasteiger partial charge in [-0.1, -0.05) is 47.7 Å². The van der Waals surface area contributed by atoms with E-state index in [2.05, 4.69) is 10.3 Å². The zero-order valence-electron chi connectivity index (χ0n) is 28.4. The topological polar surface area (TPSA) is 127 Å². The van der Waals surface area contributed by atoms with Gasteiger partial charge < -0.3 is 24.5 Å². The summed E-state index contributed by atoms with van der Waals surface area (Å²) in [6.07, 6.45) is 0.785. The minimum Gasteiger partial charge on any atom is -0.497 e. The first-order valence-corrected chi connectivity index (χ1v) is 19.1. The summed E-state index contributed by atoms with van der Waals surface area (Å²) in [6.45, 7) is 2.05. The monoisotopic (exact) mass is 733 g/mol. The summed E-state index contributed by atoms with van der Waals surface area (Å²) in [5, 5.41) is 5.91. The van der Waals surface area contributed by atoms with Crippen molar-refractivity contribution in [3.05, 3.63) is 105 Å². The predicted molar refractivity (Wildman–Crippen MR) is 200 cm³/mol. The van der Waals surface area contributed by atoms with Gasteiger partial charge in [0.2, 0.25) is 11.8 Å². The third-order valence-corrected chi connectivity index (χ3v) is 13.7. The number of fused-ring (bicyclic) bond motifs is 10. The Bertz CT molecular complexity index is 2300. The summed E-state index contributed by atoms with van der Waals surface area (Å²) in [4.78, 5) is 59.1. The first-order chi connectivity index (χ1) is 25.3. The van der Waals surface area contributed by atoms with E-state index in [1.54, 1.807) is 43.1 Å². The van der Waals surface area contributed by atoms with Crippen molar-refractivity contribution in [2.75, 3.05) is 30.5 Å². The number of aromatic nitrogens is 1. The second-order valence-corrected chi connectivity index (χ2v) is 15.9. The number of ether oxygens (including phenoxy) is 3. The van der Waals surface area contributed by atoms with Crippen LogP contribution in [0.5, 0.6) is 17.2 Å². The highest BCUT2D eigenvalue weighted by atomic mass is 32.2. The molecule has 4 aromatic carbocycles. The van der Waals surface area contributed by atoms with Crippen molar-refractivity contribution in [1.82, 2.24) is 4.98 Å². The molecule has 2 aliphatic carbocycles. The number of hydrogen-bond donors (Lipinski definition) is 2. The van der Waals surface area contributed by atoms with E-state index in [-0.39, 0.29) is 58.1 Å². The minimum atomic E-state index is -0.420. The average molecular weight is 734 g/mol. The van der Waals surface area contributed by atoms with Gasteiger partial charge in [-0.05, 0) is 96.0 Å². The van der Waals surface area contributed by atoms with Gasteiger partial charge in [0.05, 0.1) is 36.3 Å². The molecule has 5 aromatic rings. The number of nitrogens with zero attached hydrogens (tertiary/aromatic N) is 1. The van der Waals surface area contributed by atoms with Gasteiger partial charge in [0.25, 0.3) is 5.91 Å². The van der Waals surface area contributed by atoms with Crippen LogP contribution in [-0.4, -0.2) is 48.3 Å². The Morgan fingerprint density at radius 1 is 0.885 bits per heavy atom. The lowest BCUT2D eigenvalue weighted by Gasteiger charge is -2.43. The average Bonchev–Trinajstić information content (AvgIpc) is 3.90. The summed E-state index contributed by atoms with van der Waals surface area (Å²) in [7, 11) is 1.58. The Morgan fingerprint density at radius 3 is 2.42 bits per heavy atom. The quantitative estimate of drug-likeness (QED) is 0.161. The number of imide groups is 1. The number of H-pyrrole nitrogens is 1. The first-order valence-electron chi connectivity index (χ1n) is 17.4. The molecule has 1 aromatic heterocycles. The minimum absolute atomic E-state index is 0.00108. The number of methoxy groups -OCH3 is 1. The van der Waals surface area contributed by atoms with E-state index in [1.807, 2.05) is 67.6 Å². The SMILES string of the molecule is CCOc1cc([C@@H]2c3sc(=O)[nH]c3S[C@@H]3[C@@H]4C[C@@H]([C@@H]5C(=O)N(c6ccc(OC)cc6)C(=O)[C@@H]45)[C@H]23)ccc1OCC(=O)Nc1ccc2ccccc2c1. The van der Waals surface area contributed by atoms with Crippen molar-refractivity contribution >= 4 is 63.0 Å². The van der Waals surface area contributed by atoms with Gasteiger partial charge in [0.15, 0.2) is 18.1 Å². The van der Waals surface area contributed by atoms with E-state index in [0.29, 0.717) is 35.2 Å². The maximum atomic E-state index is 14.1. The standard InChI is InChI=1S/C40H35N3O7S2/c1-3-49-29-17-22(9-15-28(29)50-19-30(44)41-23-10-8-20-6-4-5-7-21(20)16-23)31-32-26-18-27(35(32)51-37-36(31)52-40(47)42-37)34-33(26)38(45)43(39(34)46)24-11-13-25(48-2)14-12-24/h4-17,26-27,31-35H,3,18-19H2,1-2H3,(H,41,44)(H,42,47)/t26-,27-,31+,32-,33+,34+,35-/m1/s1. The largest absolute Gasteiger partial charge is 0.497 e. The lowest BCUT2D eigenvalue weighted by molar-refractivity contribution is -0.123. The molecule has 1 saturated heterocycles. The van der Waals surface area contributed by atoms with Crippen LogP contribution in [0.1, 0.15) is 29.7 Å². The molecule has 9 rings (SSSR count). The van der Waals surface area contributed by atoms with E-state index in [0.717, 1.165) is 32.7 Å². The molecule has 264 valence electrons. The Morgan fingerprint density at radius 2 is 1.65 bits per heavy atom. The lowest BCUT2D eigenvalue weighted by Crippen LogP contribution is -2.42. The molecule has 2 aliphatic heterocycles. The summed E-state index contributed by atoms with van der Waals surface area (Å²) >= 11 is 2.85. The van der Waals surface area contributed by atoms with E-state index in [9.17, 15) is 19.2 Å². The molecule has 0 radical (unpaired) electrons. The van der Waals surface area contributed by atoms with Crippen molar-refractivity contribution in [2.24, 2.45) is 29.6 Å². The lowest BCUT2D eigenvalue weighted by atomic mass is 9.68. The van der Waals surface area contributed by atoms with Crippen LogP contribution in [0, 0.1) is 29.6 Å². The zero-order valence-corrected chi connectivity index (χ0v) is 30.0. The fourth-order valence-electron chi connectivity index (χ4n) is 9.09. The number of aromatic amines is 1. The molecule has 52 heavy (non-hydrogen) atoms. The highest BCUT2D eigenvalue weighted by Gasteiger charge is 2.69. The highest BCUT2D eigenvalue weighted by molar-refractivity contribution is 8.00. The Hall–Kier alpha value is -5.07. The normalized spacial score (nSPS) is 25.5. The second-order valence-electron chi connectivity index (χ2n) is 13.7. The van der Waals surface area contributed by atoms with Gasteiger partial charge in [-0.3, -0.25) is 24.1 Å². The van der Waals surface area contributed by atoms with E-state index >= 15 is 0 Å². The number of benzene rings is 4. The van der Waals surface area contributed by atoms with Gasteiger partial charge >= 0.3 is 4.87 Å². The number of rotatable bonds is 9. The molecule has 2 saturated carbocycles. The van der Waals surface area contributed by atoms with Crippen LogP contribution >= 0.6 is 23.1 Å². The third-order valence-electron chi connectivity index (χ3n) is 11.1. The second kappa shape index (κ2) is 12.9. The molecule has 3 heterocycles. The van der Waals surface area contributed by atoms with Gasteiger partial charge in [-0.15, -0.1) is 11.8 Å². The van der Waals surface area contributed by atoms with Crippen LogP contribution < -0.4 is 29.3 Å². The molecular formula is C40H35N3O7S2. The Labute approximate surface area is 307 Å².